The van der Waals surface area contributed by atoms with Crippen molar-refractivity contribution in [1.29, 1.82) is 0 Å². The summed E-state index contributed by atoms with van der Waals surface area (Å²) in [5, 5.41) is 21.2. The predicted molar refractivity (Wildman–Crippen MR) is 71.8 cm³/mol. The van der Waals surface area contributed by atoms with Crippen molar-refractivity contribution in [2.75, 3.05) is 5.32 Å². The smallest absolute Gasteiger partial charge is 0.259 e. The van der Waals surface area contributed by atoms with Crippen LogP contribution in [-0.2, 0) is 0 Å². The van der Waals surface area contributed by atoms with Gasteiger partial charge in [0, 0.05) is 4.47 Å². The Labute approximate surface area is 116 Å². The van der Waals surface area contributed by atoms with Crippen LogP contribution in [0, 0.1) is 5.82 Å². The van der Waals surface area contributed by atoms with Gasteiger partial charge in [0.1, 0.15) is 5.82 Å². The van der Waals surface area contributed by atoms with Crippen molar-refractivity contribution in [3.8, 4) is 11.5 Å². The highest BCUT2D eigenvalue weighted by Gasteiger charge is 2.16. The van der Waals surface area contributed by atoms with Crippen LogP contribution in [0.15, 0.2) is 40.9 Å². The van der Waals surface area contributed by atoms with Crippen LogP contribution < -0.4 is 5.32 Å². The van der Waals surface area contributed by atoms with Crippen molar-refractivity contribution in [2.24, 2.45) is 0 Å². The Hall–Kier alpha value is -2.08. The molecule has 0 aliphatic carbocycles. The molecule has 3 N–H and O–H groups in total. The summed E-state index contributed by atoms with van der Waals surface area (Å²) in [7, 11) is 0. The molecule has 2 rings (SSSR count). The second-order valence-electron chi connectivity index (χ2n) is 3.72. The third-order valence-electron chi connectivity index (χ3n) is 2.46. The van der Waals surface area contributed by atoms with E-state index in [2.05, 4.69) is 21.2 Å². The molecule has 2 aromatic rings. The van der Waals surface area contributed by atoms with Gasteiger partial charge in [0.2, 0.25) is 0 Å². The number of nitrogens with one attached hydrogen (secondary N) is 1. The highest BCUT2D eigenvalue weighted by atomic mass is 79.9. The number of carbonyl (C=O) groups excluding carboxylic acids is 1. The number of phenols is 2. The zero-order valence-electron chi connectivity index (χ0n) is 9.52. The first kappa shape index (κ1) is 13.4. The fourth-order valence-electron chi connectivity index (χ4n) is 1.51. The SMILES string of the molecule is O=C(Nc1c(F)cccc1Br)c1cccc(O)c1O. The molecule has 0 fully saturated rings. The Morgan fingerprint density at radius 2 is 1.84 bits per heavy atom. The lowest BCUT2D eigenvalue weighted by Gasteiger charge is -2.10. The first-order valence-corrected chi connectivity index (χ1v) is 6.06. The average molecular weight is 326 g/mol. The maximum atomic E-state index is 13.5. The summed E-state index contributed by atoms with van der Waals surface area (Å²) < 4.78 is 13.9. The van der Waals surface area contributed by atoms with E-state index in [4.69, 9.17) is 0 Å². The molecular weight excluding hydrogens is 317 g/mol. The lowest BCUT2D eigenvalue weighted by molar-refractivity contribution is 0.102. The molecule has 0 aliphatic heterocycles. The highest BCUT2D eigenvalue weighted by molar-refractivity contribution is 9.10. The zero-order valence-corrected chi connectivity index (χ0v) is 11.1. The Balaban J connectivity index is 2.34. The fraction of sp³-hybridized carbons (Fsp3) is 0. The number of aromatic hydroxyl groups is 2. The molecule has 1 amide bonds. The van der Waals surface area contributed by atoms with E-state index in [1.54, 1.807) is 6.07 Å². The Kier molecular flexibility index (Phi) is 3.71. The molecule has 0 aromatic heterocycles. The van der Waals surface area contributed by atoms with E-state index in [1.165, 1.54) is 30.3 Å². The van der Waals surface area contributed by atoms with E-state index in [0.717, 1.165) is 0 Å². The van der Waals surface area contributed by atoms with E-state index in [0.29, 0.717) is 4.47 Å². The van der Waals surface area contributed by atoms with Gasteiger partial charge in [-0.15, -0.1) is 0 Å². The fourth-order valence-corrected chi connectivity index (χ4v) is 1.95. The summed E-state index contributed by atoms with van der Waals surface area (Å²) in [5.41, 5.74) is -0.176. The van der Waals surface area contributed by atoms with Gasteiger partial charge in [0.25, 0.3) is 5.91 Å². The summed E-state index contributed by atoms with van der Waals surface area (Å²) in [5.74, 6) is -2.30. The molecule has 0 spiro atoms. The summed E-state index contributed by atoms with van der Waals surface area (Å²) in [6, 6.07) is 8.22. The molecule has 0 radical (unpaired) electrons. The van der Waals surface area contributed by atoms with Gasteiger partial charge in [0.05, 0.1) is 11.3 Å². The van der Waals surface area contributed by atoms with Gasteiger partial charge >= 0.3 is 0 Å². The van der Waals surface area contributed by atoms with Crippen molar-refractivity contribution >= 4 is 27.5 Å². The molecule has 0 bridgehead atoms. The number of benzene rings is 2. The summed E-state index contributed by atoms with van der Waals surface area (Å²) in [6.45, 7) is 0. The average Bonchev–Trinajstić information content (AvgIpc) is 2.37. The normalized spacial score (nSPS) is 10.2. The van der Waals surface area contributed by atoms with Gasteiger partial charge in [-0.25, -0.2) is 4.39 Å². The van der Waals surface area contributed by atoms with Gasteiger partial charge in [0.15, 0.2) is 11.5 Å². The van der Waals surface area contributed by atoms with E-state index in [9.17, 15) is 19.4 Å². The van der Waals surface area contributed by atoms with Crippen LogP contribution in [0.2, 0.25) is 0 Å². The Morgan fingerprint density at radius 1 is 1.16 bits per heavy atom. The number of anilines is 1. The zero-order chi connectivity index (χ0) is 14.0. The van der Waals surface area contributed by atoms with Gasteiger partial charge in [-0.05, 0) is 40.2 Å². The molecule has 98 valence electrons. The van der Waals surface area contributed by atoms with Crippen LogP contribution >= 0.6 is 15.9 Å². The second-order valence-corrected chi connectivity index (χ2v) is 4.58. The first-order chi connectivity index (χ1) is 9.00. The molecule has 0 saturated heterocycles. The van der Waals surface area contributed by atoms with E-state index < -0.39 is 23.2 Å². The quantitative estimate of drug-likeness (QED) is 0.742. The van der Waals surface area contributed by atoms with Crippen LogP contribution in [0.1, 0.15) is 10.4 Å². The van der Waals surface area contributed by atoms with E-state index in [1.807, 2.05) is 0 Å². The van der Waals surface area contributed by atoms with Crippen molar-refractivity contribution in [3.63, 3.8) is 0 Å². The molecule has 0 aliphatic rings. The molecule has 19 heavy (non-hydrogen) atoms. The molecule has 6 heteroatoms. The maximum absolute atomic E-state index is 13.5. The Morgan fingerprint density at radius 3 is 2.53 bits per heavy atom. The van der Waals surface area contributed by atoms with Crippen LogP contribution in [0.3, 0.4) is 0 Å². The maximum Gasteiger partial charge on any atom is 0.259 e. The molecule has 0 saturated carbocycles. The molecule has 2 aromatic carbocycles. The monoisotopic (exact) mass is 325 g/mol. The number of hydrogen-bond acceptors (Lipinski definition) is 3. The summed E-state index contributed by atoms with van der Waals surface area (Å²) in [6.07, 6.45) is 0. The number of para-hydroxylation sites is 2. The van der Waals surface area contributed by atoms with Gasteiger partial charge in [-0.3, -0.25) is 4.79 Å². The van der Waals surface area contributed by atoms with E-state index >= 15 is 0 Å². The van der Waals surface area contributed by atoms with Crippen molar-refractivity contribution in [3.05, 3.63) is 52.3 Å². The van der Waals surface area contributed by atoms with Crippen molar-refractivity contribution < 1.29 is 19.4 Å². The van der Waals surface area contributed by atoms with Crippen molar-refractivity contribution in [1.82, 2.24) is 0 Å². The number of amides is 1. The lowest BCUT2D eigenvalue weighted by atomic mass is 10.1. The van der Waals surface area contributed by atoms with Gasteiger partial charge in [-0.2, -0.15) is 0 Å². The molecule has 0 atom stereocenters. The van der Waals surface area contributed by atoms with Crippen LogP contribution in [-0.4, -0.2) is 16.1 Å². The summed E-state index contributed by atoms with van der Waals surface area (Å²) >= 11 is 3.11. The number of rotatable bonds is 2. The van der Waals surface area contributed by atoms with E-state index in [-0.39, 0.29) is 11.3 Å². The standard InChI is InChI=1S/C13H9BrFNO3/c14-8-4-2-5-9(15)11(8)16-13(19)7-3-1-6-10(17)12(7)18/h1-6,17-18H,(H,16,19). The summed E-state index contributed by atoms with van der Waals surface area (Å²) in [4.78, 5) is 11.9. The third-order valence-corrected chi connectivity index (χ3v) is 3.12. The lowest BCUT2D eigenvalue weighted by Crippen LogP contribution is -2.13. The van der Waals surface area contributed by atoms with Gasteiger partial charge < -0.3 is 15.5 Å². The van der Waals surface area contributed by atoms with Crippen LogP contribution in [0.25, 0.3) is 0 Å². The van der Waals surface area contributed by atoms with Gasteiger partial charge in [-0.1, -0.05) is 12.1 Å². The highest BCUT2D eigenvalue weighted by Crippen LogP contribution is 2.30. The minimum atomic E-state index is -0.723. The number of halogens is 2. The van der Waals surface area contributed by atoms with Crippen LogP contribution in [0.5, 0.6) is 11.5 Å². The number of carbonyl (C=O) groups is 1. The van der Waals surface area contributed by atoms with Crippen LogP contribution in [0.4, 0.5) is 10.1 Å². The topological polar surface area (TPSA) is 69.6 Å². The third kappa shape index (κ3) is 2.68. The Bertz CT molecular complexity index is 626. The molecule has 0 heterocycles. The minimum absolute atomic E-state index is 0.0322. The molecular formula is C13H9BrFNO3. The number of phenolic OH excluding ortho intramolecular Hbond substituents is 2. The number of hydrogen-bond donors (Lipinski definition) is 3. The van der Waals surface area contributed by atoms with Crippen molar-refractivity contribution in [2.45, 2.75) is 0 Å². The first-order valence-electron chi connectivity index (χ1n) is 5.27. The predicted octanol–water partition coefficient (Wildman–Crippen LogP) is 3.25. The minimum Gasteiger partial charge on any atom is -0.504 e. The molecule has 4 nitrogen and oxygen atoms in total. The second kappa shape index (κ2) is 5.27. The molecule has 0 unspecified atom stereocenters. The largest absolute Gasteiger partial charge is 0.504 e.